The summed E-state index contributed by atoms with van der Waals surface area (Å²) in [7, 11) is 0. The average molecular weight is 368 g/mol. The summed E-state index contributed by atoms with van der Waals surface area (Å²) >= 11 is 6.02. The van der Waals surface area contributed by atoms with Gasteiger partial charge in [-0.3, -0.25) is 4.79 Å². The number of carbonyl (C=O) groups is 1. The number of carbonyl (C=O) groups excluding carboxylic acids is 1. The Morgan fingerprint density at radius 2 is 1.68 bits per heavy atom. The summed E-state index contributed by atoms with van der Waals surface area (Å²) in [4.78, 5) is 37.8. The van der Waals surface area contributed by atoms with E-state index in [4.69, 9.17) is 16.3 Å². The first kappa shape index (κ1) is 16.1. The van der Waals surface area contributed by atoms with Crippen LogP contribution in [0.25, 0.3) is 5.69 Å². The number of hydrogen-bond acceptors (Lipinski definition) is 4. The van der Waals surface area contributed by atoms with E-state index in [1.807, 2.05) is 0 Å². The zero-order valence-corrected chi connectivity index (χ0v) is 14.4. The van der Waals surface area contributed by atoms with Crippen molar-refractivity contribution in [1.82, 2.24) is 13.9 Å². The van der Waals surface area contributed by atoms with Crippen LogP contribution in [0, 0.1) is 5.82 Å². The molecular weight excluding hydrogens is 353 g/mol. The molecule has 0 radical (unpaired) electrons. The highest BCUT2D eigenvalue weighted by atomic mass is 35.5. The monoisotopic (exact) mass is 367 g/mol. The molecule has 0 aliphatic carbocycles. The Bertz CT molecular complexity index is 1010. The number of ketones is 1. The molecule has 0 fully saturated rings. The number of fused-ring (bicyclic) bond motifs is 2. The first-order valence-corrected chi connectivity index (χ1v) is 8.30. The van der Waals surface area contributed by atoms with Crippen LogP contribution in [0.4, 0.5) is 4.39 Å². The van der Waals surface area contributed by atoms with E-state index in [2.05, 4.69) is 0 Å². The molecule has 0 atom stereocenters. The Kier molecular flexibility index (Phi) is 3.28. The number of aromatic nitrogens is 3. The van der Waals surface area contributed by atoms with E-state index >= 15 is 0 Å². The van der Waals surface area contributed by atoms with Crippen LogP contribution in [0.15, 0.2) is 15.7 Å². The Balaban J connectivity index is 2.08. The predicted octanol–water partition coefficient (Wildman–Crippen LogP) is 1.74. The normalized spacial score (nSPS) is 18.0. The maximum Gasteiger partial charge on any atom is 0.352 e. The Hall–Kier alpha value is -2.35. The van der Waals surface area contributed by atoms with Crippen LogP contribution in [-0.4, -0.2) is 25.3 Å². The van der Waals surface area contributed by atoms with Crippen LogP contribution in [0.3, 0.4) is 0 Å². The minimum absolute atomic E-state index is 0.0106. The highest BCUT2D eigenvalue weighted by molar-refractivity contribution is 6.35. The number of halogens is 2. The van der Waals surface area contributed by atoms with Gasteiger partial charge in [0.05, 0.1) is 10.6 Å². The van der Waals surface area contributed by atoms with Gasteiger partial charge in [0.1, 0.15) is 5.69 Å². The van der Waals surface area contributed by atoms with E-state index in [0.717, 1.165) is 23.5 Å². The molecule has 9 heteroatoms. The summed E-state index contributed by atoms with van der Waals surface area (Å²) < 4.78 is 23.6. The van der Waals surface area contributed by atoms with Crippen molar-refractivity contribution in [3.63, 3.8) is 0 Å². The summed E-state index contributed by atoms with van der Waals surface area (Å²) in [6, 6.07) is 0.936. The van der Waals surface area contributed by atoms with E-state index in [0.29, 0.717) is 13.1 Å². The fraction of sp³-hybridized carbons (Fsp3) is 0.438. The topological polar surface area (TPSA) is 75.2 Å². The van der Waals surface area contributed by atoms with Crippen LogP contribution >= 0.6 is 11.6 Å². The zero-order chi connectivity index (χ0) is 18.1. The molecular formula is C16H15ClFN3O4. The van der Waals surface area contributed by atoms with Gasteiger partial charge >= 0.3 is 11.4 Å². The molecule has 25 heavy (non-hydrogen) atoms. The minimum atomic E-state index is -1.26. The summed E-state index contributed by atoms with van der Waals surface area (Å²) in [6.45, 7) is 3.80. The fourth-order valence-corrected chi connectivity index (χ4v) is 3.64. The molecule has 3 heterocycles. The quantitative estimate of drug-likeness (QED) is 0.769. The van der Waals surface area contributed by atoms with Crippen molar-refractivity contribution >= 4 is 17.4 Å². The molecule has 4 rings (SSSR count). The molecule has 0 amide bonds. The van der Waals surface area contributed by atoms with E-state index in [9.17, 15) is 18.8 Å². The lowest BCUT2D eigenvalue weighted by atomic mass is 9.99. The highest BCUT2D eigenvalue weighted by Crippen LogP contribution is 2.43. The molecule has 1 aromatic heterocycles. The Labute approximate surface area is 146 Å². The molecule has 2 aromatic rings. The molecule has 0 unspecified atom stereocenters. The summed E-state index contributed by atoms with van der Waals surface area (Å²) in [5.74, 6) is -1.48. The van der Waals surface area contributed by atoms with Crippen LogP contribution < -0.4 is 16.1 Å². The number of ether oxygens (including phenoxy) is 1. The third kappa shape index (κ3) is 2.06. The highest BCUT2D eigenvalue weighted by Gasteiger charge is 2.44. The molecule has 2 aliphatic heterocycles. The number of benzene rings is 1. The number of nitrogens with zero attached hydrogens (tertiary/aromatic N) is 3. The van der Waals surface area contributed by atoms with E-state index < -0.39 is 28.6 Å². The molecule has 0 N–H and O–H groups in total. The lowest BCUT2D eigenvalue weighted by molar-refractivity contribution is 0.0683. The van der Waals surface area contributed by atoms with Crippen molar-refractivity contribution < 1.29 is 13.9 Å². The van der Waals surface area contributed by atoms with Crippen molar-refractivity contribution in [2.45, 2.75) is 45.4 Å². The molecule has 132 valence electrons. The Morgan fingerprint density at radius 3 is 2.24 bits per heavy atom. The largest absolute Gasteiger partial charge is 0.477 e. The fourth-order valence-electron chi connectivity index (χ4n) is 3.38. The third-order valence-corrected chi connectivity index (χ3v) is 4.92. The predicted molar refractivity (Wildman–Crippen MR) is 87.5 cm³/mol. The van der Waals surface area contributed by atoms with Gasteiger partial charge in [0.25, 0.3) is 0 Å². The molecule has 2 aliphatic rings. The smallest absolute Gasteiger partial charge is 0.352 e. The summed E-state index contributed by atoms with van der Waals surface area (Å²) in [5.41, 5.74) is -2.94. The zero-order valence-electron chi connectivity index (χ0n) is 13.6. The van der Waals surface area contributed by atoms with Crippen LogP contribution in [0.2, 0.25) is 5.02 Å². The summed E-state index contributed by atoms with van der Waals surface area (Å²) in [5, 5.41) is -0.107. The molecule has 0 saturated carbocycles. The first-order valence-electron chi connectivity index (χ1n) is 7.93. The number of hydrogen-bond donors (Lipinski definition) is 0. The van der Waals surface area contributed by atoms with Gasteiger partial charge in [0.15, 0.2) is 17.2 Å². The molecule has 0 spiro atoms. The average Bonchev–Trinajstić information content (AvgIpc) is 2.94. The van der Waals surface area contributed by atoms with E-state index in [-0.39, 0.29) is 22.0 Å². The number of rotatable bonds is 1. The van der Waals surface area contributed by atoms with Gasteiger partial charge in [-0.05, 0) is 32.8 Å². The minimum Gasteiger partial charge on any atom is -0.477 e. The van der Waals surface area contributed by atoms with Gasteiger partial charge in [-0.1, -0.05) is 11.6 Å². The lowest BCUT2D eigenvalue weighted by Gasteiger charge is -2.16. The van der Waals surface area contributed by atoms with Gasteiger partial charge in [-0.2, -0.15) is 0 Å². The molecule has 1 aromatic carbocycles. The second kappa shape index (κ2) is 5.08. The van der Waals surface area contributed by atoms with Crippen molar-refractivity contribution in [1.29, 1.82) is 0 Å². The SMILES string of the molecule is CC1(C)Oc2c(c(Cl)cc(F)c2-n2c(=O)n3n(c2=O)CCCC3)C1=O. The van der Waals surface area contributed by atoms with Gasteiger partial charge in [0.2, 0.25) is 5.78 Å². The lowest BCUT2D eigenvalue weighted by Crippen LogP contribution is -2.32. The standard InChI is InChI=1S/C16H15ClFN3O4/c1-16(2)13(22)10-8(17)7-9(18)11(12(10)25-16)21-14(23)19-5-3-4-6-20(19)15(21)24/h7H,3-6H2,1-2H3. The van der Waals surface area contributed by atoms with Gasteiger partial charge in [0, 0.05) is 13.1 Å². The first-order chi connectivity index (χ1) is 11.7. The number of Topliss-reactive ketones (excluding diaryl/α,β-unsaturated/α-hetero) is 1. The third-order valence-electron chi connectivity index (χ3n) is 4.62. The van der Waals surface area contributed by atoms with E-state index in [1.165, 1.54) is 23.2 Å². The molecule has 0 saturated heterocycles. The summed E-state index contributed by atoms with van der Waals surface area (Å²) in [6.07, 6.45) is 1.51. The van der Waals surface area contributed by atoms with E-state index in [1.54, 1.807) is 0 Å². The maximum atomic E-state index is 14.7. The van der Waals surface area contributed by atoms with Crippen LogP contribution in [-0.2, 0) is 13.1 Å². The molecule has 0 bridgehead atoms. The van der Waals surface area contributed by atoms with Crippen molar-refractivity contribution in [3.8, 4) is 11.4 Å². The van der Waals surface area contributed by atoms with Crippen LogP contribution in [0.5, 0.6) is 5.75 Å². The van der Waals surface area contributed by atoms with Gasteiger partial charge < -0.3 is 4.74 Å². The van der Waals surface area contributed by atoms with Crippen LogP contribution in [0.1, 0.15) is 37.0 Å². The van der Waals surface area contributed by atoms with Crippen molar-refractivity contribution in [3.05, 3.63) is 43.4 Å². The van der Waals surface area contributed by atoms with Crippen molar-refractivity contribution in [2.24, 2.45) is 0 Å². The molecule has 7 nitrogen and oxygen atoms in total. The van der Waals surface area contributed by atoms with Gasteiger partial charge in [-0.15, -0.1) is 0 Å². The Morgan fingerprint density at radius 1 is 1.12 bits per heavy atom. The second-order valence-corrected chi connectivity index (χ2v) is 7.10. The van der Waals surface area contributed by atoms with Gasteiger partial charge in [-0.25, -0.2) is 27.9 Å². The van der Waals surface area contributed by atoms with Crippen molar-refractivity contribution in [2.75, 3.05) is 0 Å². The maximum absolute atomic E-state index is 14.7. The second-order valence-electron chi connectivity index (χ2n) is 6.69.